The lowest BCUT2D eigenvalue weighted by Crippen LogP contribution is -2.49. The third-order valence-corrected chi connectivity index (χ3v) is 4.54. The maximum absolute atomic E-state index is 5.27. The molecule has 2 atom stereocenters. The Bertz CT molecular complexity index is 453. The minimum Gasteiger partial charge on any atom is -0.385 e. The molecule has 1 N–H and O–H groups in total. The van der Waals surface area contributed by atoms with E-state index in [1.807, 2.05) is 0 Å². The zero-order chi connectivity index (χ0) is 15.5. The fourth-order valence-corrected chi connectivity index (χ4v) is 2.97. The summed E-state index contributed by atoms with van der Waals surface area (Å²) in [5.74, 6) is 0. The van der Waals surface area contributed by atoms with Crippen LogP contribution < -0.4 is 10.2 Å². The third-order valence-electron chi connectivity index (χ3n) is 4.54. The van der Waals surface area contributed by atoms with Crippen LogP contribution in [0.2, 0.25) is 0 Å². The Hall–Kier alpha value is -1.06. The molecular weight excluding hydrogens is 260 g/mol. The van der Waals surface area contributed by atoms with Crippen molar-refractivity contribution in [2.75, 3.05) is 25.2 Å². The van der Waals surface area contributed by atoms with Crippen molar-refractivity contribution in [2.24, 2.45) is 5.41 Å². The third kappa shape index (κ3) is 3.98. The topological polar surface area (TPSA) is 24.5 Å². The fourth-order valence-electron chi connectivity index (χ4n) is 2.97. The minimum absolute atomic E-state index is 0.251. The van der Waals surface area contributed by atoms with Gasteiger partial charge in [-0.3, -0.25) is 0 Å². The van der Waals surface area contributed by atoms with Crippen LogP contribution in [0.3, 0.4) is 0 Å². The number of para-hydroxylation sites is 1. The molecule has 21 heavy (non-hydrogen) atoms. The van der Waals surface area contributed by atoms with Gasteiger partial charge in [-0.2, -0.15) is 0 Å². The Kier molecular flexibility index (Phi) is 5.28. The van der Waals surface area contributed by atoms with Crippen LogP contribution in [0, 0.1) is 5.41 Å². The Morgan fingerprint density at radius 2 is 2.05 bits per heavy atom. The van der Waals surface area contributed by atoms with Gasteiger partial charge in [0.1, 0.15) is 0 Å². The van der Waals surface area contributed by atoms with Gasteiger partial charge >= 0.3 is 0 Å². The number of anilines is 1. The number of rotatable bonds is 4. The summed E-state index contributed by atoms with van der Waals surface area (Å²) in [6.45, 7) is 12.1. The normalized spacial score (nSPS) is 20.8. The van der Waals surface area contributed by atoms with Crippen LogP contribution in [0.1, 0.15) is 39.7 Å². The van der Waals surface area contributed by atoms with E-state index in [-0.39, 0.29) is 5.41 Å². The molecule has 1 aromatic rings. The fraction of sp³-hybridized carbons (Fsp3) is 0.667. The van der Waals surface area contributed by atoms with Crippen LogP contribution >= 0.6 is 0 Å². The van der Waals surface area contributed by atoms with Crippen LogP contribution in [-0.4, -0.2) is 32.3 Å². The number of nitrogens with zero attached hydrogens (tertiary/aromatic N) is 1. The molecular formula is C18H30N2O. The number of nitrogens with one attached hydrogen (secondary N) is 1. The van der Waals surface area contributed by atoms with Crippen LogP contribution in [0.5, 0.6) is 0 Å². The lowest BCUT2D eigenvalue weighted by molar-refractivity contribution is 0.186. The van der Waals surface area contributed by atoms with Gasteiger partial charge in [0.2, 0.25) is 0 Å². The first-order valence-corrected chi connectivity index (χ1v) is 8.00. The van der Waals surface area contributed by atoms with Gasteiger partial charge in [-0.15, -0.1) is 0 Å². The van der Waals surface area contributed by atoms with Crippen molar-refractivity contribution in [1.29, 1.82) is 0 Å². The molecule has 0 saturated heterocycles. The van der Waals surface area contributed by atoms with Gasteiger partial charge in [-0.25, -0.2) is 0 Å². The molecule has 2 rings (SSSR count). The molecule has 0 fully saturated rings. The average Bonchev–Trinajstić information content (AvgIpc) is 2.64. The molecule has 0 spiro atoms. The summed E-state index contributed by atoms with van der Waals surface area (Å²) >= 11 is 0. The SMILES string of the molecule is COCCC(C)N1CC(C(C)(C)C)NCc2ccccc21. The van der Waals surface area contributed by atoms with E-state index in [4.69, 9.17) is 4.74 Å². The molecule has 0 saturated carbocycles. The molecule has 0 aromatic heterocycles. The molecule has 118 valence electrons. The largest absolute Gasteiger partial charge is 0.385 e. The standard InChI is InChI=1S/C18H30N2O/c1-14(10-11-21-5)20-13-17(18(2,3)4)19-12-15-8-6-7-9-16(15)20/h6-9,14,17,19H,10-13H2,1-5H3. The number of methoxy groups -OCH3 is 1. The smallest absolute Gasteiger partial charge is 0.0481 e. The predicted molar refractivity (Wildman–Crippen MR) is 89.8 cm³/mol. The van der Waals surface area contributed by atoms with Crippen molar-refractivity contribution in [3.8, 4) is 0 Å². The summed E-state index contributed by atoms with van der Waals surface area (Å²) in [5.41, 5.74) is 3.02. The Labute approximate surface area is 129 Å². The van der Waals surface area contributed by atoms with Gasteiger partial charge in [-0.05, 0) is 30.4 Å². The molecule has 0 aliphatic carbocycles. The first kappa shape index (κ1) is 16.3. The molecule has 2 unspecified atom stereocenters. The van der Waals surface area contributed by atoms with Gasteiger partial charge in [0, 0.05) is 44.6 Å². The van der Waals surface area contributed by atoms with Crippen molar-refractivity contribution < 1.29 is 4.74 Å². The Morgan fingerprint density at radius 3 is 2.71 bits per heavy atom. The number of hydrogen-bond acceptors (Lipinski definition) is 3. The lowest BCUT2D eigenvalue weighted by Gasteiger charge is -2.38. The van der Waals surface area contributed by atoms with E-state index in [1.165, 1.54) is 11.3 Å². The van der Waals surface area contributed by atoms with E-state index in [9.17, 15) is 0 Å². The number of hydrogen-bond donors (Lipinski definition) is 1. The van der Waals surface area contributed by atoms with Crippen LogP contribution in [0.25, 0.3) is 0 Å². The molecule has 1 aliphatic heterocycles. The van der Waals surface area contributed by atoms with Crippen molar-refractivity contribution in [3.63, 3.8) is 0 Å². The van der Waals surface area contributed by atoms with Gasteiger partial charge in [0.05, 0.1) is 0 Å². The van der Waals surface area contributed by atoms with E-state index in [0.29, 0.717) is 12.1 Å². The highest BCUT2D eigenvalue weighted by Crippen LogP contribution is 2.30. The Balaban J connectivity index is 2.27. The molecule has 0 radical (unpaired) electrons. The van der Waals surface area contributed by atoms with Crippen molar-refractivity contribution in [1.82, 2.24) is 5.32 Å². The average molecular weight is 290 g/mol. The van der Waals surface area contributed by atoms with E-state index in [1.54, 1.807) is 7.11 Å². The number of fused-ring (bicyclic) bond motifs is 1. The molecule has 1 heterocycles. The maximum atomic E-state index is 5.27. The summed E-state index contributed by atoms with van der Waals surface area (Å²) < 4.78 is 5.27. The van der Waals surface area contributed by atoms with Gasteiger partial charge < -0.3 is 15.0 Å². The van der Waals surface area contributed by atoms with E-state index in [0.717, 1.165) is 26.1 Å². The molecule has 3 nitrogen and oxygen atoms in total. The molecule has 3 heteroatoms. The van der Waals surface area contributed by atoms with Crippen LogP contribution in [0.15, 0.2) is 24.3 Å². The molecule has 0 bridgehead atoms. The minimum atomic E-state index is 0.251. The second-order valence-corrected chi connectivity index (χ2v) is 7.21. The highest BCUT2D eigenvalue weighted by Gasteiger charge is 2.31. The first-order valence-electron chi connectivity index (χ1n) is 8.00. The molecule has 1 aromatic carbocycles. The number of benzene rings is 1. The van der Waals surface area contributed by atoms with Crippen LogP contribution in [0.4, 0.5) is 5.69 Å². The predicted octanol–water partition coefficient (Wildman–Crippen LogP) is 3.44. The van der Waals surface area contributed by atoms with E-state index >= 15 is 0 Å². The maximum Gasteiger partial charge on any atom is 0.0481 e. The highest BCUT2D eigenvalue weighted by atomic mass is 16.5. The zero-order valence-electron chi connectivity index (χ0n) is 14.1. The van der Waals surface area contributed by atoms with Crippen molar-refractivity contribution in [2.45, 2.75) is 52.7 Å². The van der Waals surface area contributed by atoms with Crippen molar-refractivity contribution in [3.05, 3.63) is 29.8 Å². The zero-order valence-corrected chi connectivity index (χ0v) is 14.1. The quantitative estimate of drug-likeness (QED) is 0.919. The van der Waals surface area contributed by atoms with E-state index in [2.05, 4.69) is 62.2 Å². The summed E-state index contributed by atoms with van der Waals surface area (Å²) in [4.78, 5) is 2.56. The highest BCUT2D eigenvalue weighted by molar-refractivity contribution is 5.55. The van der Waals surface area contributed by atoms with Gasteiger partial charge in [-0.1, -0.05) is 39.0 Å². The van der Waals surface area contributed by atoms with Gasteiger partial charge in [0.15, 0.2) is 0 Å². The Morgan fingerprint density at radius 1 is 1.33 bits per heavy atom. The summed E-state index contributed by atoms with van der Waals surface area (Å²) in [6, 6.07) is 9.74. The molecule has 0 amide bonds. The van der Waals surface area contributed by atoms with Gasteiger partial charge in [0.25, 0.3) is 0 Å². The van der Waals surface area contributed by atoms with E-state index < -0.39 is 0 Å². The number of ether oxygens (including phenoxy) is 1. The summed E-state index contributed by atoms with van der Waals surface area (Å²) in [6.07, 6.45) is 1.06. The summed E-state index contributed by atoms with van der Waals surface area (Å²) in [7, 11) is 1.78. The second-order valence-electron chi connectivity index (χ2n) is 7.21. The first-order chi connectivity index (χ1) is 9.93. The van der Waals surface area contributed by atoms with Crippen LogP contribution in [-0.2, 0) is 11.3 Å². The molecule has 1 aliphatic rings. The second kappa shape index (κ2) is 6.80. The monoisotopic (exact) mass is 290 g/mol. The lowest BCUT2D eigenvalue weighted by atomic mass is 9.86. The summed E-state index contributed by atoms with van der Waals surface area (Å²) in [5, 5.41) is 3.75. The van der Waals surface area contributed by atoms with Crippen molar-refractivity contribution >= 4 is 5.69 Å².